The minimum Gasteiger partial charge on any atom is -0.392 e. The normalized spacial score (nSPS) is 10.5. The number of nitrogen functional groups attached to an aromatic ring is 1. The molecule has 0 aliphatic rings. The molecule has 2 rings (SSSR count). The lowest BCUT2D eigenvalue weighted by atomic mass is 10.1. The van der Waals surface area contributed by atoms with Crippen molar-refractivity contribution >= 4 is 5.82 Å². The first-order chi connectivity index (χ1) is 7.20. The number of nitrogens with two attached hydrogens (primary N) is 1. The lowest BCUT2D eigenvalue weighted by molar-refractivity contribution is 0.276. The van der Waals surface area contributed by atoms with Crippen LogP contribution < -0.4 is 5.73 Å². The zero-order valence-corrected chi connectivity index (χ0v) is 7.87. The second kappa shape index (κ2) is 3.70. The number of hydrogen-bond acceptors (Lipinski definition) is 3. The molecule has 0 fully saturated rings. The van der Waals surface area contributed by atoms with Crippen LogP contribution in [-0.2, 0) is 6.61 Å². The van der Waals surface area contributed by atoms with Crippen LogP contribution in [-0.4, -0.2) is 15.3 Å². The van der Waals surface area contributed by atoms with Gasteiger partial charge in [0.15, 0.2) is 0 Å². The molecule has 0 aliphatic heterocycles. The number of halogens is 1. The first-order valence-electron chi connectivity index (χ1n) is 4.41. The number of aliphatic hydroxyl groups excluding tert-OH is 1. The summed E-state index contributed by atoms with van der Waals surface area (Å²) in [5, 5.41) is 15.4. The van der Waals surface area contributed by atoms with Crippen molar-refractivity contribution in [3.63, 3.8) is 0 Å². The number of anilines is 1. The largest absolute Gasteiger partial charge is 0.392 e. The van der Waals surface area contributed by atoms with Gasteiger partial charge in [0.1, 0.15) is 11.6 Å². The third-order valence-corrected chi connectivity index (χ3v) is 2.12. The number of hydrogen-bond donors (Lipinski definition) is 3. The molecule has 0 radical (unpaired) electrons. The van der Waals surface area contributed by atoms with Gasteiger partial charge >= 0.3 is 0 Å². The van der Waals surface area contributed by atoms with Gasteiger partial charge in [-0.05, 0) is 18.2 Å². The molecule has 0 saturated heterocycles. The fourth-order valence-electron chi connectivity index (χ4n) is 1.35. The second-order valence-corrected chi connectivity index (χ2v) is 3.17. The molecule has 78 valence electrons. The Morgan fingerprint density at radius 3 is 2.80 bits per heavy atom. The van der Waals surface area contributed by atoms with Crippen molar-refractivity contribution in [2.75, 3.05) is 5.73 Å². The van der Waals surface area contributed by atoms with E-state index in [-0.39, 0.29) is 12.2 Å². The standard InChI is InChI=1S/C10H10FN3O/c11-8-2-1-6(3-7(8)5-15)9-4-10(12)14-13-9/h1-4,15H,5H2,(H3,12,13,14). The summed E-state index contributed by atoms with van der Waals surface area (Å²) in [6.45, 7) is -0.330. The molecular weight excluding hydrogens is 197 g/mol. The van der Waals surface area contributed by atoms with Gasteiger partial charge in [0, 0.05) is 17.2 Å². The van der Waals surface area contributed by atoms with Crippen molar-refractivity contribution in [3.8, 4) is 11.3 Å². The van der Waals surface area contributed by atoms with E-state index < -0.39 is 5.82 Å². The third kappa shape index (κ3) is 1.82. The molecule has 0 unspecified atom stereocenters. The van der Waals surface area contributed by atoms with Crippen LogP contribution >= 0.6 is 0 Å². The fraction of sp³-hybridized carbons (Fsp3) is 0.100. The van der Waals surface area contributed by atoms with E-state index in [9.17, 15) is 4.39 Å². The molecule has 0 saturated carbocycles. The average Bonchev–Trinajstić information content (AvgIpc) is 2.66. The highest BCUT2D eigenvalue weighted by molar-refractivity contribution is 5.62. The Balaban J connectivity index is 2.45. The van der Waals surface area contributed by atoms with E-state index in [0.29, 0.717) is 11.5 Å². The molecule has 0 spiro atoms. The van der Waals surface area contributed by atoms with Crippen molar-refractivity contribution in [2.24, 2.45) is 0 Å². The molecule has 0 aliphatic carbocycles. The predicted octanol–water partition coefficient (Wildman–Crippen LogP) is 1.29. The maximum Gasteiger partial charge on any atom is 0.145 e. The number of aromatic nitrogens is 2. The van der Waals surface area contributed by atoms with Crippen molar-refractivity contribution in [2.45, 2.75) is 6.61 Å². The van der Waals surface area contributed by atoms with Crippen LogP contribution in [0.25, 0.3) is 11.3 Å². The van der Waals surface area contributed by atoms with E-state index in [2.05, 4.69) is 10.2 Å². The summed E-state index contributed by atoms with van der Waals surface area (Å²) >= 11 is 0. The molecular formula is C10H10FN3O. The van der Waals surface area contributed by atoms with Crippen LogP contribution in [0.3, 0.4) is 0 Å². The van der Waals surface area contributed by atoms with Crippen LogP contribution in [0.1, 0.15) is 5.56 Å². The van der Waals surface area contributed by atoms with E-state index in [1.165, 1.54) is 6.07 Å². The highest BCUT2D eigenvalue weighted by Crippen LogP contribution is 2.21. The maximum absolute atomic E-state index is 13.1. The topological polar surface area (TPSA) is 74.9 Å². The van der Waals surface area contributed by atoms with Crippen molar-refractivity contribution in [1.82, 2.24) is 10.2 Å². The molecule has 1 aromatic carbocycles. The van der Waals surface area contributed by atoms with Gasteiger partial charge in [0.2, 0.25) is 0 Å². The van der Waals surface area contributed by atoms with Gasteiger partial charge in [0.25, 0.3) is 0 Å². The Bertz CT molecular complexity index is 481. The summed E-state index contributed by atoms with van der Waals surface area (Å²) in [6.07, 6.45) is 0. The summed E-state index contributed by atoms with van der Waals surface area (Å²) in [4.78, 5) is 0. The van der Waals surface area contributed by atoms with Gasteiger partial charge in [0.05, 0.1) is 12.3 Å². The zero-order chi connectivity index (χ0) is 10.8. The lowest BCUT2D eigenvalue weighted by Crippen LogP contribution is -1.90. The molecule has 4 N–H and O–H groups in total. The van der Waals surface area contributed by atoms with Crippen molar-refractivity contribution in [1.29, 1.82) is 0 Å². The third-order valence-electron chi connectivity index (χ3n) is 2.12. The SMILES string of the molecule is Nc1cc(-c2ccc(F)c(CO)c2)[nH]n1. The van der Waals surface area contributed by atoms with Gasteiger partial charge in [-0.1, -0.05) is 0 Å². The van der Waals surface area contributed by atoms with Gasteiger partial charge in [-0.25, -0.2) is 4.39 Å². The Kier molecular flexibility index (Phi) is 2.39. The molecule has 5 heteroatoms. The minimum atomic E-state index is -0.422. The first kappa shape index (κ1) is 9.67. The van der Waals surface area contributed by atoms with Crippen LogP contribution in [0.2, 0.25) is 0 Å². The highest BCUT2D eigenvalue weighted by atomic mass is 19.1. The first-order valence-corrected chi connectivity index (χ1v) is 4.41. The number of aliphatic hydroxyl groups is 1. The summed E-state index contributed by atoms with van der Waals surface area (Å²) in [7, 11) is 0. The highest BCUT2D eigenvalue weighted by Gasteiger charge is 2.06. The number of benzene rings is 1. The average molecular weight is 207 g/mol. The van der Waals surface area contributed by atoms with Crippen LogP contribution in [0, 0.1) is 5.82 Å². The molecule has 4 nitrogen and oxygen atoms in total. The molecule has 1 heterocycles. The monoisotopic (exact) mass is 207 g/mol. The quantitative estimate of drug-likeness (QED) is 0.694. The number of rotatable bonds is 2. The van der Waals surface area contributed by atoms with E-state index in [4.69, 9.17) is 10.8 Å². The van der Waals surface area contributed by atoms with E-state index in [0.717, 1.165) is 5.56 Å². The Labute approximate surface area is 85.6 Å². The number of nitrogens with zero attached hydrogens (tertiary/aromatic N) is 1. The summed E-state index contributed by atoms with van der Waals surface area (Å²) < 4.78 is 13.1. The van der Waals surface area contributed by atoms with Crippen LogP contribution in [0.15, 0.2) is 24.3 Å². The Morgan fingerprint density at radius 1 is 1.40 bits per heavy atom. The second-order valence-electron chi connectivity index (χ2n) is 3.17. The zero-order valence-electron chi connectivity index (χ0n) is 7.87. The van der Waals surface area contributed by atoms with Crippen LogP contribution in [0.4, 0.5) is 10.2 Å². The Hall–Kier alpha value is -1.88. The lowest BCUT2D eigenvalue weighted by Gasteiger charge is -2.02. The number of aromatic amines is 1. The smallest absolute Gasteiger partial charge is 0.145 e. The van der Waals surface area contributed by atoms with E-state index >= 15 is 0 Å². The minimum absolute atomic E-state index is 0.251. The fourth-order valence-corrected chi connectivity index (χ4v) is 1.35. The van der Waals surface area contributed by atoms with Gasteiger partial charge in [-0.2, -0.15) is 5.10 Å². The summed E-state index contributed by atoms with van der Waals surface area (Å²) in [5.74, 6) is -0.0476. The number of nitrogens with one attached hydrogen (secondary N) is 1. The number of H-pyrrole nitrogens is 1. The van der Waals surface area contributed by atoms with Gasteiger partial charge < -0.3 is 10.8 Å². The van der Waals surface area contributed by atoms with E-state index in [1.54, 1.807) is 18.2 Å². The molecule has 0 atom stereocenters. The van der Waals surface area contributed by atoms with Crippen molar-refractivity contribution in [3.05, 3.63) is 35.6 Å². The molecule has 0 bridgehead atoms. The molecule has 15 heavy (non-hydrogen) atoms. The Morgan fingerprint density at radius 2 is 2.20 bits per heavy atom. The maximum atomic E-state index is 13.1. The predicted molar refractivity (Wildman–Crippen MR) is 54.3 cm³/mol. The van der Waals surface area contributed by atoms with E-state index in [1.807, 2.05) is 0 Å². The van der Waals surface area contributed by atoms with Crippen LogP contribution in [0.5, 0.6) is 0 Å². The molecule has 1 aromatic heterocycles. The molecule has 0 amide bonds. The van der Waals surface area contributed by atoms with Crippen molar-refractivity contribution < 1.29 is 9.50 Å². The summed E-state index contributed by atoms with van der Waals surface area (Å²) in [5.41, 5.74) is 7.14. The van der Waals surface area contributed by atoms with Gasteiger partial charge in [-0.3, -0.25) is 5.10 Å². The molecule has 2 aromatic rings. The van der Waals surface area contributed by atoms with Gasteiger partial charge in [-0.15, -0.1) is 0 Å². The summed E-state index contributed by atoms with van der Waals surface area (Å²) in [6, 6.07) is 6.11.